The molecule has 0 aliphatic carbocycles. The van der Waals surface area contributed by atoms with Gasteiger partial charge in [-0.3, -0.25) is 9.89 Å². The van der Waals surface area contributed by atoms with Gasteiger partial charge in [-0.25, -0.2) is 0 Å². The Morgan fingerprint density at radius 2 is 1.62 bits per heavy atom. The summed E-state index contributed by atoms with van der Waals surface area (Å²) in [5.74, 6) is 2.74. The second kappa shape index (κ2) is 15.7. The van der Waals surface area contributed by atoms with Crippen molar-refractivity contribution >= 4 is 29.9 Å². The number of benzene rings is 1. The van der Waals surface area contributed by atoms with E-state index in [1.807, 2.05) is 30.3 Å². The van der Waals surface area contributed by atoms with Crippen LogP contribution < -0.4 is 10.1 Å². The molecule has 8 heteroatoms. The van der Waals surface area contributed by atoms with Crippen LogP contribution in [0.4, 0.5) is 0 Å². The van der Waals surface area contributed by atoms with E-state index in [1.165, 1.54) is 25.9 Å². The molecule has 2 heterocycles. The molecule has 0 radical (unpaired) electrons. The molecule has 0 amide bonds. The van der Waals surface area contributed by atoms with Crippen molar-refractivity contribution < 1.29 is 9.47 Å². The first-order valence-corrected chi connectivity index (χ1v) is 11.9. The fourth-order valence-electron chi connectivity index (χ4n) is 4.25. The molecule has 1 aromatic rings. The lowest BCUT2D eigenvalue weighted by atomic mass is 9.97. The zero-order valence-corrected chi connectivity index (χ0v) is 22.2. The molecule has 0 unspecified atom stereocenters. The maximum absolute atomic E-state index is 5.85. The summed E-state index contributed by atoms with van der Waals surface area (Å²) in [7, 11) is 1.78. The van der Waals surface area contributed by atoms with Crippen LogP contribution in [0.1, 0.15) is 19.8 Å². The Hall–Kier alpha value is -1.10. The molecule has 0 saturated carbocycles. The molecule has 182 valence electrons. The Morgan fingerprint density at radius 3 is 2.28 bits per heavy atom. The molecular weight excluding hydrogens is 517 g/mol. The number of methoxy groups -OCH3 is 1. The standard InChI is InChI=1S/C24H41N5O2.HI/c1-3-25-24(26-21-22-9-11-27(12-10-22)17-19-30-2)29-15-13-28(14-16-29)18-20-31-23-7-5-4-6-8-23;/h4-8,22H,3,9-21H2,1-2H3,(H,25,26);1H. The summed E-state index contributed by atoms with van der Waals surface area (Å²) in [4.78, 5) is 12.4. The highest BCUT2D eigenvalue weighted by atomic mass is 127. The first-order chi connectivity index (χ1) is 15.3. The number of ether oxygens (including phenoxy) is 2. The molecule has 2 aliphatic heterocycles. The van der Waals surface area contributed by atoms with Crippen molar-refractivity contribution in [1.82, 2.24) is 20.0 Å². The normalized spacial score (nSPS) is 18.9. The minimum atomic E-state index is 0. The van der Waals surface area contributed by atoms with Crippen LogP contribution in [0.3, 0.4) is 0 Å². The van der Waals surface area contributed by atoms with Crippen LogP contribution in [0.2, 0.25) is 0 Å². The lowest BCUT2D eigenvalue weighted by Crippen LogP contribution is -2.53. The highest BCUT2D eigenvalue weighted by molar-refractivity contribution is 14.0. The monoisotopic (exact) mass is 559 g/mol. The van der Waals surface area contributed by atoms with Crippen LogP contribution in [-0.2, 0) is 4.74 Å². The van der Waals surface area contributed by atoms with Gasteiger partial charge in [0.2, 0.25) is 0 Å². The van der Waals surface area contributed by atoms with Gasteiger partial charge in [0, 0.05) is 59.5 Å². The molecule has 0 spiro atoms. The van der Waals surface area contributed by atoms with Crippen molar-refractivity contribution in [2.45, 2.75) is 19.8 Å². The summed E-state index contributed by atoms with van der Waals surface area (Å²) >= 11 is 0. The third-order valence-electron chi connectivity index (χ3n) is 6.24. The third kappa shape index (κ3) is 9.41. The molecule has 3 rings (SSSR count). The lowest BCUT2D eigenvalue weighted by molar-refractivity contribution is 0.121. The number of aliphatic imine (C=N–C) groups is 1. The van der Waals surface area contributed by atoms with E-state index in [0.717, 1.165) is 77.3 Å². The molecule has 7 nitrogen and oxygen atoms in total. The first kappa shape index (κ1) is 27.1. The third-order valence-corrected chi connectivity index (χ3v) is 6.24. The largest absolute Gasteiger partial charge is 0.492 e. The van der Waals surface area contributed by atoms with Crippen molar-refractivity contribution in [3.8, 4) is 5.75 Å². The van der Waals surface area contributed by atoms with Crippen molar-refractivity contribution in [2.75, 3.05) is 85.8 Å². The van der Waals surface area contributed by atoms with E-state index < -0.39 is 0 Å². The van der Waals surface area contributed by atoms with Gasteiger partial charge in [0.1, 0.15) is 12.4 Å². The van der Waals surface area contributed by atoms with Gasteiger partial charge in [0.25, 0.3) is 0 Å². The first-order valence-electron chi connectivity index (χ1n) is 11.9. The highest BCUT2D eigenvalue weighted by Crippen LogP contribution is 2.17. The minimum absolute atomic E-state index is 0. The van der Waals surface area contributed by atoms with E-state index >= 15 is 0 Å². The number of nitrogens with one attached hydrogen (secondary N) is 1. The number of para-hydroxylation sites is 1. The van der Waals surface area contributed by atoms with E-state index in [2.05, 4.69) is 26.9 Å². The summed E-state index contributed by atoms with van der Waals surface area (Å²) in [6, 6.07) is 10.1. The number of hydrogen-bond donors (Lipinski definition) is 1. The molecule has 0 atom stereocenters. The molecule has 0 aromatic heterocycles. The number of piperidine rings is 1. The van der Waals surface area contributed by atoms with Gasteiger partial charge in [0.15, 0.2) is 5.96 Å². The van der Waals surface area contributed by atoms with Gasteiger partial charge in [-0.05, 0) is 50.9 Å². The molecule has 2 fully saturated rings. The van der Waals surface area contributed by atoms with E-state index in [-0.39, 0.29) is 24.0 Å². The van der Waals surface area contributed by atoms with Crippen molar-refractivity contribution in [2.24, 2.45) is 10.9 Å². The molecule has 2 aliphatic rings. The Balaban J connectivity index is 0.00000363. The van der Waals surface area contributed by atoms with Crippen molar-refractivity contribution in [3.05, 3.63) is 30.3 Å². The molecule has 1 N–H and O–H groups in total. The smallest absolute Gasteiger partial charge is 0.194 e. The van der Waals surface area contributed by atoms with Crippen LogP contribution in [0.5, 0.6) is 5.75 Å². The highest BCUT2D eigenvalue weighted by Gasteiger charge is 2.22. The quantitative estimate of drug-likeness (QED) is 0.271. The summed E-state index contributed by atoms with van der Waals surface area (Å²) in [5.41, 5.74) is 0. The average molecular weight is 560 g/mol. The van der Waals surface area contributed by atoms with Crippen LogP contribution in [0.15, 0.2) is 35.3 Å². The molecule has 2 saturated heterocycles. The molecular formula is C24H42IN5O2. The van der Waals surface area contributed by atoms with Crippen LogP contribution >= 0.6 is 24.0 Å². The molecule has 1 aromatic carbocycles. The van der Waals surface area contributed by atoms with Gasteiger partial charge in [-0.1, -0.05) is 18.2 Å². The fraction of sp³-hybridized carbons (Fsp3) is 0.708. The zero-order chi connectivity index (χ0) is 21.7. The summed E-state index contributed by atoms with van der Waals surface area (Å²) in [6.07, 6.45) is 2.48. The predicted molar refractivity (Wildman–Crippen MR) is 142 cm³/mol. The van der Waals surface area contributed by atoms with E-state index in [1.54, 1.807) is 7.11 Å². The summed E-state index contributed by atoms with van der Waals surface area (Å²) in [5, 5.41) is 3.51. The second-order valence-electron chi connectivity index (χ2n) is 8.46. The molecule has 32 heavy (non-hydrogen) atoms. The lowest BCUT2D eigenvalue weighted by Gasteiger charge is -2.37. The van der Waals surface area contributed by atoms with Crippen molar-refractivity contribution in [1.29, 1.82) is 0 Å². The Kier molecular flexibility index (Phi) is 13.3. The maximum atomic E-state index is 5.85. The van der Waals surface area contributed by atoms with Crippen LogP contribution in [0, 0.1) is 5.92 Å². The summed E-state index contributed by atoms with van der Waals surface area (Å²) in [6.45, 7) is 14.1. The Morgan fingerprint density at radius 1 is 0.969 bits per heavy atom. The fourth-order valence-corrected chi connectivity index (χ4v) is 4.25. The number of likely N-dealkylation sites (tertiary alicyclic amines) is 1. The number of nitrogens with zero attached hydrogens (tertiary/aromatic N) is 4. The van der Waals surface area contributed by atoms with Gasteiger partial charge in [-0.15, -0.1) is 24.0 Å². The minimum Gasteiger partial charge on any atom is -0.492 e. The second-order valence-corrected chi connectivity index (χ2v) is 8.46. The number of rotatable bonds is 10. The Bertz CT molecular complexity index is 633. The number of hydrogen-bond acceptors (Lipinski definition) is 5. The van der Waals surface area contributed by atoms with Crippen LogP contribution in [-0.4, -0.2) is 106 Å². The van der Waals surface area contributed by atoms with Crippen molar-refractivity contribution in [3.63, 3.8) is 0 Å². The zero-order valence-electron chi connectivity index (χ0n) is 19.9. The number of halogens is 1. The van der Waals surface area contributed by atoms with Gasteiger partial charge < -0.3 is 24.6 Å². The SMILES string of the molecule is CCNC(=NCC1CCN(CCOC)CC1)N1CCN(CCOc2ccccc2)CC1.I. The topological polar surface area (TPSA) is 52.6 Å². The van der Waals surface area contributed by atoms with E-state index in [9.17, 15) is 0 Å². The van der Waals surface area contributed by atoms with Gasteiger partial charge >= 0.3 is 0 Å². The van der Waals surface area contributed by atoms with Gasteiger partial charge in [-0.2, -0.15) is 0 Å². The average Bonchev–Trinajstić information content (AvgIpc) is 2.82. The summed E-state index contributed by atoms with van der Waals surface area (Å²) < 4.78 is 11.1. The van der Waals surface area contributed by atoms with E-state index in [4.69, 9.17) is 14.5 Å². The maximum Gasteiger partial charge on any atom is 0.194 e. The van der Waals surface area contributed by atoms with Crippen LogP contribution in [0.25, 0.3) is 0 Å². The van der Waals surface area contributed by atoms with E-state index in [0.29, 0.717) is 5.92 Å². The predicted octanol–water partition coefficient (Wildman–Crippen LogP) is 2.62. The number of piperazine rings is 1. The Labute approximate surface area is 211 Å². The van der Waals surface area contributed by atoms with Gasteiger partial charge in [0.05, 0.1) is 6.61 Å². The molecule has 0 bridgehead atoms. The number of guanidine groups is 1.